The van der Waals surface area contributed by atoms with Crippen molar-refractivity contribution in [1.82, 2.24) is 9.88 Å². The highest BCUT2D eigenvalue weighted by Gasteiger charge is 2.33. The number of anilines is 1. The van der Waals surface area contributed by atoms with Crippen LogP contribution >= 0.6 is 11.8 Å². The number of nitriles is 1. The summed E-state index contributed by atoms with van der Waals surface area (Å²) in [5.41, 5.74) is 4.15. The molecule has 1 unspecified atom stereocenters. The van der Waals surface area contributed by atoms with Gasteiger partial charge in [0.2, 0.25) is 0 Å². The van der Waals surface area contributed by atoms with Crippen molar-refractivity contribution in [2.75, 3.05) is 25.0 Å². The summed E-state index contributed by atoms with van der Waals surface area (Å²) >= 11 is 1.93. The second-order valence-electron chi connectivity index (χ2n) is 6.83. The van der Waals surface area contributed by atoms with Crippen LogP contribution in [0.4, 0.5) is 5.69 Å². The minimum absolute atomic E-state index is 0.457. The van der Waals surface area contributed by atoms with Crippen LogP contribution in [0.15, 0.2) is 29.9 Å². The van der Waals surface area contributed by atoms with Gasteiger partial charge in [-0.3, -0.25) is 0 Å². The molecule has 1 aromatic heterocycles. The van der Waals surface area contributed by atoms with E-state index in [4.69, 9.17) is 0 Å². The number of rotatable bonds is 2. The molecule has 124 valence electrons. The molecule has 0 saturated carbocycles. The van der Waals surface area contributed by atoms with E-state index in [1.165, 1.54) is 31.6 Å². The van der Waals surface area contributed by atoms with E-state index in [0.29, 0.717) is 11.3 Å². The van der Waals surface area contributed by atoms with Gasteiger partial charge in [0.05, 0.1) is 22.1 Å². The van der Waals surface area contributed by atoms with E-state index in [2.05, 4.69) is 58.6 Å². The first-order valence-electron chi connectivity index (χ1n) is 8.49. The van der Waals surface area contributed by atoms with Gasteiger partial charge in [-0.05, 0) is 62.9 Å². The van der Waals surface area contributed by atoms with E-state index < -0.39 is 0 Å². The third-order valence-corrected chi connectivity index (χ3v) is 6.47. The maximum absolute atomic E-state index is 9.38. The number of hydrogen-bond acceptors (Lipinski definition) is 4. The third kappa shape index (κ3) is 2.51. The van der Waals surface area contributed by atoms with Crippen LogP contribution in [0.25, 0.3) is 10.9 Å². The molecule has 1 aromatic carbocycles. The Hall–Kier alpha value is -1.90. The molecule has 4 rings (SSSR count). The Kier molecular flexibility index (Phi) is 4.03. The lowest BCUT2D eigenvalue weighted by atomic mass is 9.95. The van der Waals surface area contributed by atoms with Crippen molar-refractivity contribution < 1.29 is 0 Å². The fraction of sp³-hybridized carbons (Fsp3) is 0.421. The zero-order valence-electron chi connectivity index (χ0n) is 14.1. The summed E-state index contributed by atoms with van der Waals surface area (Å²) in [5, 5.41) is 13.1. The quantitative estimate of drug-likeness (QED) is 0.898. The number of benzene rings is 1. The fourth-order valence-electron chi connectivity index (χ4n) is 3.91. The molecule has 4 nitrogen and oxygen atoms in total. The van der Waals surface area contributed by atoms with Gasteiger partial charge < -0.3 is 14.8 Å². The van der Waals surface area contributed by atoms with Gasteiger partial charge in [0.25, 0.3) is 0 Å². The molecule has 5 heteroatoms. The van der Waals surface area contributed by atoms with Crippen molar-refractivity contribution in [1.29, 1.82) is 5.26 Å². The third-order valence-electron chi connectivity index (χ3n) is 5.30. The number of hydrogen-bond donors (Lipinski definition) is 1. The Morgan fingerprint density at radius 2 is 2.08 bits per heavy atom. The van der Waals surface area contributed by atoms with Crippen LogP contribution in [0.5, 0.6) is 0 Å². The van der Waals surface area contributed by atoms with E-state index in [0.717, 1.165) is 22.0 Å². The summed E-state index contributed by atoms with van der Waals surface area (Å²) in [6.45, 7) is 4.43. The van der Waals surface area contributed by atoms with E-state index in [-0.39, 0.29) is 0 Å². The molecule has 0 bridgehead atoms. The van der Waals surface area contributed by atoms with Crippen molar-refractivity contribution >= 4 is 28.4 Å². The first-order valence-corrected chi connectivity index (χ1v) is 9.43. The molecule has 24 heavy (non-hydrogen) atoms. The summed E-state index contributed by atoms with van der Waals surface area (Å²) in [6.07, 6.45) is 6.52. The predicted molar refractivity (Wildman–Crippen MR) is 101 cm³/mol. The minimum Gasteiger partial charge on any atom is -0.358 e. The number of aromatic nitrogens is 1. The van der Waals surface area contributed by atoms with Gasteiger partial charge in [0, 0.05) is 17.8 Å². The molecule has 1 fully saturated rings. The Bertz CT molecular complexity index is 824. The standard InChI is InChI=1S/C19H22N4S/c1-13-3-4-16(18-17(13)15(11-20)12-21-18)23-9-10-24-19(23)14-5-7-22(2)8-6-14/h3-4,9-10,12,14,19,21H,5-8H2,1-2H3. The molecule has 2 aliphatic heterocycles. The largest absolute Gasteiger partial charge is 0.358 e. The van der Waals surface area contributed by atoms with E-state index in [1.807, 2.05) is 18.0 Å². The van der Waals surface area contributed by atoms with Crippen LogP contribution in [0.1, 0.15) is 24.0 Å². The normalized spacial score (nSPS) is 22.4. The van der Waals surface area contributed by atoms with E-state index >= 15 is 0 Å². The number of likely N-dealkylation sites (tertiary alicyclic amines) is 1. The Balaban J connectivity index is 1.71. The smallest absolute Gasteiger partial charge is 0.101 e. The topological polar surface area (TPSA) is 46.1 Å². The van der Waals surface area contributed by atoms with Crippen molar-refractivity contribution in [3.63, 3.8) is 0 Å². The summed E-state index contributed by atoms with van der Waals surface area (Å²) < 4.78 is 0. The van der Waals surface area contributed by atoms with Gasteiger partial charge in [-0.15, -0.1) is 11.8 Å². The first kappa shape index (κ1) is 15.6. The Labute approximate surface area is 147 Å². The Morgan fingerprint density at radius 1 is 1.29 bits per heavy atom. The monoisotopic (exact) mass is 338 g/mol. The van der Waals surface area contributed by atoms with Gasteiger partial charge >= 0.3 is 0 Å². The number of nitrogens with one attached hydrogen (secondary N) is 1. The molecule has 0 spiro atoms. The van der Waals surface area contributed by atoms with Crippen molar-refractivity contribution in [2.24, 2.45) is 5.92 Å². The lowest BCUT2D eigenvalue weighted by molar-refractivity contribution is 0.217. The maximum atomic E-state index is 9.38. The van der Waals surface area contributed by atoms with Crippen LogP contribution in [-0.2, 0) is 0 Å². The van der Waals surface area contributed by atoms with E-state index in [9.17, 15) is 5.26 Å². The molecule has 1 atom stereocenters. The summed E-state index contributed by atoms with van der Waals surface area (Å²) in [4.78, 5) is 8.16. The minimum atomic E-state index is 0.457. The SMILES string of the molecule is Cc1ccc(N2C=CSC2C2CCN(C)CC2)c2[nH]cc(C#N)c12. The molecule has 1 saturated heterocycles. The Morgan fingerprint density at radius 3 is 2.83 bits per heavy atom. The fourth-order valence-corrected chi connectivity index (χ4v) is 5.08. The van der Waals surface area contributed by atoms with Crippen molar-refractivity contribution in [3.05, 3.63) is 41.1 Å². The molecule has 0 radical (unpaired) electrons. The molecule has 1 N–H and O–H groups in total. The van der Waals surface area contributed by atoms with Gasteiger partial charge in [-0.2, -0.15) is 5.26 Å². The van der Waals surface area contributed by atoms with Gasteiger partial charge in [-0.1, -0.05) is 6.07 Å². The number of aromatic amines is 1. The highest BCUT2D eigenvalue weighted by molar-refractivity contribution is 8.03. The zero-order chi connectivity index (χ0) is 16.7. The first-order chi connectivity index (χ1) is 11.7. The van der Waals surface area contributed by atoms with Crippen molar-refractivity contribution in [3.8, 4) is 6.07 Å². The molecule has 2 aliphatic rings. The maximum Gasteiger partial charge on any atom is 0.101 e. The van der Waals surface area contributed by atoms with E-state index in [1.54, 1.807) is 0 Å². The lowest BCUT2D eigenvalue weighted by Crippen LogP contribution is -2.39. The van der Waals surface area contributed by atoms with Crippen LogP contribution in [0.2, 0.25) is 0 Å². The van der Waals surface area contributed by atoms with Crippen LogP contribution in [0.3, 0.4) is 0 Å². The molecular weight excluding hydrogens is 316 g/mol. The average Bonchev–Trinajstić information content (AvgIpc) is 3.23. The second kappa shape index (κ2) is 6.19. The molecule has 2 aromatic rings. The number of fused-ring (bicyclic) bond motifs is 1. The highest BCUT2D eigenvalue weighted by atomic mass is 32.2. The highest BCUT2D eigenvalue weighted by Crippen LogP contribution is 2.41. The zero-order valence-corrected chi connectivity index (χ0v) is 14.9. The van der Waals surface area contributed by atoms with Crippen LogP contribution < -0.4 is 4.90 Å². The van der Waals surface area contributed by atoms with Gasteiger partial charge in [0.1, 0.15) is 6.07 Å². The predicted octanol–water partition coefficient (Wildman–Crippen LogP) is 4.04. The average molecular weight is 338 g/mol. The summed E-state index contributed by atoms with van der Waals surface area (Å²) in [6, 6.07) is 6.63. The van der Waals surface area contributed by atoms with Crippen LogP contribution in [0, 0.1) is 24.2 Å². The molecule has 3 heterocycles. The summed E-state index contributed by atoms with van der Waals surface area (Å²) in [7, 11) is 2.21. The lowest BCUT2D eigenvalue weighted by Gasteiger charge is -2.37. The molecule has 0 amide bonds. The van der Waals surface area contributed by atoms with Gasteiger partial charge in [-0.25, -0.2) is 0 Å². The molecule has 0 aliphatic carbocycles. The second-order valence-corrected chi connectivity index (χ2v) is 7.85. The number of H-pyrrole nitrogens is 1. The van der Waals surface area contributed by atoms with Gasteiger partial charge in [0.15, 0.2) is 0 Å². The number of nitrogens with zero attached hydrogens (tertiary/aromatic N) is 3. The number of piperidine rings is 1. The number of thioether (sulfide) groups is 1. The molecular formula is C19H22N4S. The summed E-state index contributed by atoms with van der Waals surface area (Å²) in [5.74, 6) is 0.697. The van der Waals surface area contributed by atoms with Crippen molar-refractivity contribution in [2.45, 2.75) is 25.1 Å². The number of aryl methyl sites for hydroxylation is 1. The van der Waals surface area contributed by atoms with Crippen LogP contribution in [-0.4, -0.2) is 35.4 Å².